The molecular weight excluding hydrogens is 558 g/mol. The Labute approximate surface area is 253 Å². The number of aromatic nitrogens is 2. The molecule has 2 amide bonds. The van der Waals surface area contributed by atoms with Gasteiger partial charge in [-0.3, -0.25) is 24.7 Å². The third-order valence-corrected chi connectivity index (χ3v) is 10.4. The Morgan fingerprint density at radius 1 is 0.780 bits per heavy atom. The summed E-state index contributed by atoms with van der Waals surface area (Å²) in [5.41, 5.74) is 3.54. The second-order valence-corrected chi connectivity index (χ2v) is 13.2. The molecule has 2 saturated carbocycles. The van der Waals surface area contributed by atoms with E-state index in [1.54, 1.807) is 23.4 Å². The molecular formula is C30H47N5O4S2. The van der Waals surface area contributed by atoms with E-state index in [9.17, 15) is 9.59 Å². The first kappa shape index (κ1) is 31.7. The van der Waals surface area contributed by atoms with Crippen molar-refractivity contribution in [2.75, 3.05) is 43.7 Å². The molecule has 0 aromatic carbocycles. The summed E-state index contributed by atoms with van der Waals surface area (Å²) in [4.78, 5) is 41.1. The van der Waals surface area contributed by atoms with Crippen molar-refractivity contribution < 1.29 is 19.1 Å². The minimum Gasteiger partial charge on any atom is -0.452 e. The summed E-state index contributed by atoms with van der Waals surface area (Å²) in [6, 6.07) is -0.118. The first-order valence-electron chi connectivity index (χ1n) is 15.3. The fourth-order valence-electron chi connectivity index (χ4n) is 6.76. The zero-order valence-electron chi connectivity index (χ0n) is 24.9. The molecule has 0 N–H and O–H groups in total. The van der Waals surface area contributed by atoms with Gasteiger partial charge < -0.3 is 9.47 Å². The highest BCUT2D eigenvalue weighted by molar-refractivity contribution is 7.14. The van der Waals surface area contributed by atoms with Crippen LogP contribution in [0.3, 0.4) is 0 Å². The Hall–Kier alpha value is -2.24. The monoisotopic (exact) mass is 605 g/mol. The summed E-state index contributed by atoms with van der Waals surface area (Å²) in [5.74, 6) is 1.16. The van der Waals surface area contributed by atoms with Crippen molar-refractivity contribution in [2.24, 2.45) is 11.8 Å². The lowest BCUT2D eigenvalue weighted by molar-refractivity contribution is 0.159. The molecule has 11 heteroatoms. The van der Waals surface area contributed by atoms with Gasteiger partial charge >= 0.3 is 12.2 Å². The van der Waals surface area contributed by atoms with Crippen LogP contribution >= 0.6 is 22.7 Å². The summed E-state index contributed by atoms with van der Waals surface area (Å²) in [5, 5.41) is 1.63. The molecule has 2 aliphatic rings. The predicted molar refractivity (Wildman–Crippen MR) is 166 cm³/mol. The molecule has 2 aromatic rings. The van der Waals surface area contributed by atoms with Crippen molar-refractivity contribution >= 4 is 44.9 Å². The third-order valence-electron chi connectivity index (χ3n) is 8.83. The Kier molecular flexibility index (Phi) is 12.7. The predicted octanol–water partition coefficient (Wildman–Crippen LogP) is 7.45. The van der Waals surface area contributed by atoms with Gasteiger partial charge in [0.25, 0.3) is 0 Å². The number of hydrogen-bond donors (Lipinski definition) is 0. The second-order valence-electron chi connectivity index (χ2n) is 11.5. The summed E-state index contributed by atoms with van der Waals surface area (Å²) in [6.07, 6.45) is 17.1. The van der Waals surface area contributed by atoms with Crippen molar-refractivity contribution in [3.8, 4) is 0 Å². The largest absolute Gasteiger partial charge is 0.452 e. The van der Waals surface area contributed by atoms with Gasteiger partial charge in [-0.05, 0) is 31.2 Å². The van der Waals surface area contributed by atoms with Crippen LogP contribution < -0.4 is 9.80 Å². The number of ether oxygens (including phenoxy) is 2. The molecule has 4 rings (SSSR count). The molecule has 2 unspecified atom stereocenters. The highest BCUT2D eigenvalue weighted by Gasteiger charge is 2.35. The standard InChI is InChI=1S/C30H47N5O4S2/c1-4-33(19-25(15-23-11-7-5-8-12-23)34(29(36)38-2)27-17-31-21-40-27)20-26(16-24-13-9-6-10-14-24)35(30(37)39-3)28-18-32-22-41-28/h17-18,21-26H,4-16,19-20H2,1-3H3. The van der Waals surface area contributed by atoms with Crippen LogP contribution in [0.25, 0.3) is 0 Å². The van der Waals surface area contributed by atoms with Crippen LogP contribution in [0, 0.1) is 11.8 Å². The number of nitrogens with zero attached hydrogens (tertiary/aromatic N) is 5. The van der Waals surface area contributed by atoms with E-state index in [1.165, 1.54) is 101 Å². The Balaban J connectivity index is 1.61. The molecule has 2 fully saturated rings. The highest BCUT2D eigenvalue weighted by Crippen LogP contribution is 2.34. The molecule has 2 aromatic heterocycles. The average Bonchev–Trinajstić information content (AvgIpc) is 3.73. The van der Waals surface area contributed by atoms with Gasteiger partial charge in [-0.15, -0.1) is 22.7 Å². The van der Waals surface area contributed by atoms with E-state index in [0.29, 0.717) is 24.9 Å². The van der Waals surface area contributed by atoms with E-state index < -0.39 is 0 Å². The van der Waals surface area contributed by atoms with Gasteiger partial charge in [0.15, 0.2) is 0 Å². The Bertz CT molecular complexity index is 946. The molecule has 0 bridgehead atoms. The lowest BCUT2D eigenvalue weighted by atomic mass is 9.84. The molecule has 2 heterocycles. The molecule has 0 spiro atoms. The van der Waals surface area contributed by atoms with Gasteiger partial charge in [0.1, 0.15) is 10.0 Å². The molecule has 41 heavy (non-hydrogen) atoms. The number of anilines is 2. The van der Waals surface area contributed by atoms with E-state index in [4.69, 9.17) is 9.47 Å². The van der Waals surface area contributed by atoms with E-state index in [1.807, 2.05) is 9.80 Å². The van der Waals surface area contributed by atoms with Gasteiger partial charge in [0.05, 0.1) is 49.7 Å². The lowest BCUT2D eigenvalue weighted by Gasteiger charge is -2.39. The van der Waals surface area contributed by atoms with Crippen molar-refractivity contribution in [1.29, 1.82) is 0 Å². The fraction of sp³-hybridized carbons (Fsp3) is 0.733. The average molecular weight is 606 g/mol. The first-order valence-corrected chi connectivity index (χ1v) is 17.0. The van der Waals surface area contributed by atoms with Crippen LogP contribution in [0.4, 0.5) is 19.6 Å². The molecule has 0 radical (unpaired) electrons. The van der Waals surface area contributed by atoms with Crippen LogP contribution in [0.5, 0.6) is 0 Å². The molecule has 9 nitrogen and oxygen atoms in total. The maximum atomic E-state index is 13.2. The SMILES string of the molecule is CCN(CC(CC1CCCCC1)N(C(=O)OC)c1cncs1)CC(CC1CCCCC1)N(C(=O)OC)c1cncs1. The number of methoxy groups -OCH3 is 2. The zero-order valence-corrected chi connectivity index (χ0v) is 26.5. The maximum absolute atomic E-state index is 13.2. The fourth-order valence-corrected chi connectivity index (χ4v) is 8.14. The number of likely N-dealkylation sites (N-methyl/N-ethyl adjacent to an activating group) is 1. The number of thiazole rings is 2. The number of amides is 2. The van der Waals surface area contributed by atoms with Gasteiger partial charge in [-0.25, -0.2) is 9.59 Å². The minimum atomic E-state index is -0.342. The van der Waals surface area contributed by atoms with Crippen LogP contribution in [0.1, 0.15) is 84.0 Å². The van der Waals surface area contributed by atoms with Gasteiger partial charge in [0, 0.05) is 13.1 Å². The number of hydrogen-bond acceptors (Lipinski definition) is 9. The number of carbonyl (C=O) groups excluding carboxylic acids is 2. The summed E-state index contributed by atoms with van der Waals surface area (Å²) < 4.78 is 10.6. The van der Waals surface area contributed by atoms with Crippen LogP contribution in [-0.2, 0) is 9.47 Å². The summed E-state index contributed by atoms with van der Waals surface area (Å²) >= 11 is 2.93. The summed E-state index contributed by atoms with van der Waals surface area (Å²) in [7, 11) is 2.91. The molecule has 2 atom stereocenters. The molecule has 0 aliphatic heterocycles. The van der Waals surface area contributed by atoms with Crippen molar-refractivity contribution in [3.63, 3.8) is 0 Å². The van der Waals surface area contributed by atoms with Crippen LogP contribution in [0.2, 0.25) is 0 Å². The van der Waals surface area contributed by atoms with E-state index in [2.05, 4.69) is 21.8 Å². The number of carbonyl (C=O) groups is 2. The van der Waals surface area contributed by atoms with E-state index in [0.717, 1.165) is 29.4 Å². The minimum absolute atomic E-state index is 0.0590. The second kappa shape index (κ2) is 16.4. The first-order chi connectivity index (χ1) is 20.0. The Morgan fingerprint density at radius 3 is 1.51 bits per heavy atom. The van der Waals surface area contributed by atoms with Crippen molar-refractivity contribution in [1.82, 2.24) is 14.9 Å². The Morgan fingerprint density at radius 2 is 1.20 bits per heavy atom. The van der Waals surface area contributed by atoms with Gasteiger partial charge in [-0.1, -0.05) is 71.1 Å². The van der Waals surface area contributed by atoms with Crippen molar-refractivity contribution in [3.05, 3.63) is 23.4 Å². The zero-order chi connectivity index (χ0) is 29.0. The molecule has 228 valence electrons. The van der Waals surface area contributed by atoms with E-state index in [-0.39, 0.29) is 24.3 Å². The van der Waals surface area contributed by atoms with Crippen molar-refractivity contribution in [2.45, 2.75) is 96.1 Å². The summed E-state index contributed by atoms with van der Waals surface area (Å²) in [6.45, 7) is 4.36. The normalized spacial score (nSPS) is 18.1. The van der Waals surface area contributed by atoms with Crippen LogP contribution in [-0.4, -0.2) is 73.0 Å². The maximum Gasteiger partial charge on any atom is 0.414 e. The number of rotatable bonds is 13. The lowest BCUT2D eigenvalue weighted by Crippen LogP contribution is -2.52. The quantitative estimate of drug-likeness (QED) is 0.234. The third kappa shape index (κ3) is 8.88. The van der Waals surface area contributed by atoms with E-state index >= 15 is 0 Å². The molecule has 2 aliphatic carbocycles. The highest BCUT2D eigenvalue weighted by atomic mass is 32.1. The topological polar surface area (TPSA) is 88.1 Å². The smallest absolute Gasteiger partial charge is 0.414 e. The van der Waals surface area contributed by atoms with Gasteiger partial charge in [0.2, 0.25) is 0 Å². The van der Waals surface area contributed by atoms with Crippen LogP contribution in [0.15, 0.2) is 23.4 Å². The van der Waals surface area contributed by atoms with Gasteiger partial charge in [-0.2, -0.15) is 0 Å². The molecule has 0 saturated heterocycles.